The lowest BCUT2D eigenvalue weighted by Crippen LogP contribution is -2.28. The van der Waals surface area contributed by atoms with E-state index in [0.717, 1.165) is 10.2 Å². The maximum Gasteiger partial charge on any atom is 0.251 e. The van der Waals surface area contributed by atoms with E-state index in [1.807, 2.05) is 24.3 Å². The second kappa shape index (κ2) is 6.70. The average molecular weight is 364 g/mol. The third-order valence-corrected chi connectivity index (χ3v) is 3.77. The molecule has 22 heavy (non-hydrogen) atoms. The summed E-state index contributed by atoms with van der Waals surface area (Å²) in [6, 6.07) is 12.7. The van der Waals surface area contributed by atoms with Crippen molar-refractivity contribution in [2.45, 2.75) is 0 Å². The second-order valence-electron chi connectivity index (χ2n) is 4.60. The van der Waals surface area contributed by atoms with Gasteiger partial charge in [-0.1, -0.05) is 12.1 Å². The zero-order valence-corrected chi connectivity index (χ0v) is 13.3. The Morgan fingerprint density at radius 3 is 2.86 bits per heavy atom. The molecule has 0 aliphatic carbocycles. The van der Waals surface area contributed by atoms with Gasteiger partial charge in [-0.15, -0.1) is 0 Å². The fourth-order valence-corrected chi connectivity index (χ4v) is 2.43. The van der Waals surface area contributed by atoms with Gasteiger partial charge in [0.2, 0.25) is 6.79 Å². The standard InChI is InChI=1S/C16H14BrNO4/c17-12-3-1-2-4-13(12)20-8-7-18-16(19)11-5-6-14-15(9-11)22-10-21-14/h1-6,9H,7-8,10H2,(H,18,19). The van der Waals surface area contributed by atoms with Crippen molar-refractivity contribution >= 4 is 21.8 Å². The molecule has 2 aromatic rings. The Labute approximate surface area is 136 Å². The molecule has 1 aliphatic heterocycles. The molecule has 0 atom stereocenters. The van der Waals surface area contributed by atoms with E-state index in [1.54, 1.807) is 18.2 Å². The van der Waals surface area contributed by atoms with Gasteiger partial charge >= 0.3 is 0 Å². The van der Waals surface area contributed by atoms with E-state index >= 15 is 0 Å². The van der Waals surface area contributed by atoms with Crippen molar-refractivity contribution in [2.24, 2.45) is 0 Å². The Hall–Kier alpha value is -2.21. The number of benzene rings is 2. The molecule has 6 heteroatoms. The molecule has 0 spiro atoms. The van der Waals surface area contributed by atoms with Gasteiger partial charge in [-0.25, -0.2) is 0 Å². The lowest BCUT2D eigenvalue weighted by atomic mass is 10.2. The molecule has 2 aromatic carbocycles. The minimum atomic E-state index is -0.172. The van der Waals surface area contributed by atoms with Gasteiger partial charge in [-0.3, -0.25) is 4.79 Å². The number of amides is 1. The SMILES string of the molecule is O=C(NCCOc1ccccc1Br)c1ccc2c(c1)OCO2. The summed E-state index contributed by atoms with van der Waals surface area (Å²) in [7, 11) is 0. The molecule has 0 fully saturated rings. The minimum absolute atomic E-state index is 0.172. The first-order valence-corrected chi connectivity index (χ1v) is 7.58. The van der Waals surface area contributed by atoms with Crippen molar-refractivity contribution < 1.29 is 19.0 Å². The van der Waals surface area contributed by atoms with Crippen LogP contribution in [-0.4, -0.2) is 25.9 Å². The van der Waals surface area contributed by atoms with E-state index in [-0.39, 0.29) is 12.7 Å². The Kier molecular flexibility index (Phi) is 4.48. The number of ether oxygens (including phenoxy) is 3. The van der Waals surface area contributed by atoms with Crippen LogP contribution in [0.4, 0.5) is 0 Å². The van der Waals surface area contributed by atoms with E-state index in [9.17, 15) is 4.79 Å². The molecule has 0 saturated heterocycles. The van der Waals surface area contributed by atoms with E-state index in [1.165, 1.54) is 0 Å². The van der Waals surface area contributed by atoms with Crippen LogP contribution in [0.5, 0.6) is 17.2 Å². The van der Waals surface area contributed by atoms with E-state index in [0.29, 0.717) is 30.2 Å². The lowest BCUT2D eigenvalue weighted by Gasteiger charge is -2.09. The molecule has 0 radical (unpaired) electrons. The van der Waals surface area contributed by atoms with Crippen LogP contribution in [-0.2, 0) is 0 Å². The van der Waals surface area contributed by atoms with Crippen molar-refractivity contribution in [3.63, 3.8) is 0 Å². The van der Waals surface area contributed by atoms with Crippen LogP contribution in [0.15, 0.2) is 46.9 Å². The highest BCUT2D eigenvalue weighted by molar-refractivity contribution is 9.10. The first-order valence-electron chi connectivity index (χ1n) is 6.79. The molecule has 0 unspecified atom stereocenters. The largest absolute Gasteiger partial charge is 0.491 e. The van der Waals surface area contributed by atoms with Crippen LogP contribution < -0.4 is 19.5 Å². The normalized spacial score (nSPS) is 12.0. The summed E-state index contributed by atoms with van der Waals surface area (Å²) in [5.41, 5.74) is 0.533. The zero-order valence-electron chi connectivity index (χ0n) is 11.7. The molecule has 0 aromatic heterocycles. The first-order chi connectivity index (χ1) is 10.7. The predicted octanol–water partition coefficient (Wildman–Crippen LogP) is 2.99. The van der Waals surface area contributed by atoms with Gasteiger partial charge in [0.15, 0.2) is 11.5 Å². The second-order valence-corrected chi connectivity index (χ2v) is 5.46. The molecule has 1 N–H and O–H groups in total. The highest BCUT2D eigenvalue weighted by Gasteiger charge is 2.15. The predicted molar refractivity (Wildman–Crippen MR) is 84.5 cm³/mol. The molecule has 1 amide bonds. The van der Waals surface area contributed by atoms with Crippen molar-refractivity contribution in [1.82, 2.24) is 5.32 Å². The van der Waals surface area contributed by atoms with Crippen LogP contribution in [0.2, 0.25) is 0 Å². The Morgan fingerprint density at radius 1 is 1.18 bits per heavy atom. The fraction of sp³-hybridized carbons (Fsp3) is 0.188. The number of hydrogen-bond acceptors (Lipinski definition) is 4. The number of carbonyl (C=O) groups excluding carboxylic acids is 1. The maximum absolute atomic E-state index is 12.1. The monoisotopic (exact) mass is 363 g/mol. The number of rotatable bonds is 5. The van der Waals surface area contributed by atoms with Crippen molar-refractivity contribution in [1.29, 1.82) is 0 Å². The Balaban J connectivity index is 1.49. The number of nitrogens with one attached hydrogen (secondary N) is 1. The number of carbonyl (C=O) groups is 1. The van der Waals surface area contributed by atoms with Gasteiger partial charge < -0.3 is 19.5 Å². The molecule has 0 bridgehead atoms. The quantitative estimate of drug-likeness (QED) is 0.829. The average Bonchev–Trinajstić information content (AvgIpc) is 3.00. The highest BCUT2D eigenvalue weighted by atomic mass is 79.9. The van der Waals surface area contributed by atoms with Gasteiger partial charge in [0.1, 0.15) is 12.4 Å². The van der Waals surface area contributed by atoms with E-state index < -0.39 is 0 Å². The fourth-order valence-electron chi connectivity index (χ4n) is 2.03. The number of fused-ring (bicyclic) bond motifs is 1. The summed E-state index contributed by atoms with van der Waals surface area (Å²) in [5, 5.41) is 2.80. The molecule has 1 aliphatic rings. The molecular formula is C16H14BrNO4. The van der Waals surface area contributed by atoms with Crippen molar-refractivity contribution in [3.05, 3.63) is 52.5 Å². The topological polar surface area (TPSA) is 56.8 Å². The number of hydrogen-bond donors (Lipinski definition) is 1. The van der Waals surface area contributed by atoms with Crippen LogP contribution in [0.1, 0.15) is 10.4 Å². The Morgan fingerprint density at radius 2 is 2.00 bits per heavy atom. The molecule has 0 saturated carbocycles. The molecule has 5 nitrogen and oxygen atoms in total. The van der Waals surface area contributed by atoms with Crippen LogP contribution in [0, 0.1) is 0 Å². The summed E-state index contributed by atoms with van der Waals surface area (Å²) in [6.07, 6.45) is 0. The smallest absolute Gasteiger partial charge is 0.251 e. The third-order valence-electron chi connectivity index (χ3n) is 3.12. The first kappa shape index (κ1) is 14.7. The van der Waals surface area contributed by atoms with Gasteiger partial charge in [0.05, 0.1) is 11.0 Å². The molecule has 114 valence electrons. The van der Waals surface area contributed by atoms with Crippen LogP contribution >= 0.6 is 15.9 Å². The lowest BCUT2D eigenvalue weighted by molar-refractivity contribution is 0.0946. The minimum Gasteiger partial charge on any atom is -0.491 e. The molecule has 1 heterocycles. The summed E-state index contributed by atoms with van der Waals surface area (Å²) in [5.74, 6) is 1.83. The van der Waals surface area contributed by atoms with E-state index in [4.69, 9.17) is 14.2 Å². The zero-order chi connectivity index (χ0) is 15.4. The van der Waals surface area contributed by atoms with E-state index in [2.05, 4.69) is 21.2 Å². The third kappa shape index (κ3) is 3.33. The number of para-hydroxylation sites is 1. The highest BCUT2D eigenvalue weighted by Crippen LogP contribution is 2.32. The molecular weight excluding hydrogens is 350 g/mol. The molecule has 3 rings (SSSR count). The Bertz CT molecular complexity index is 690. The summed E-state index contributed by atoms with van der Waals surface area (Å²) in [4.78, 5) is 12.1. The van der Waals surface area contributed by atoms with Crippen molar-refractivity contribution in [3.8, 4) is 17.2 Å². The van der Waals surface area contributed by atoms with Crippen LogP contribution in [0.3, 0.4) is 0 Å². The van der Waals surface area contributed by atoms with Gasteiger partial charge in [0.25, 0.3) is 5.91 Å². The van der Waals surface area contributed by atoms with Gasteiger partial charge in [-0.05, 0) is 46.3 Å². The summed E-state index contributed by atoms with van der Waals surface area (Å²) < 4.78 is 16.9. The maximum atomic E-state index is 12.1. The number of halogens is 1. The van der Waals surface area contributed by atoms with Gasteiger partial charge in [0, 0.05) is 5.56 Å². The summed E-state index contributed by atoms with van der Waals surface area (Å²) >= 11 is 3.40. The van der Waals surface area contributed by atoms with Gasteiger partial charge in [-0.2, -0.15) is 0 Å². The van der Waals surface area contributed by atoms with Crippen molar-refractivity contribution in [2.75, 3.05) is 19.9 Å². The summed E-state index contributed by atoms with van der Waals surface area (Å²) in [6.45, 7) is 0.994. The van der Waals surface area contributed by atoms with Crippen LogP contribution in [0.25, 0.3) is 0 Å².